The van der Waals surface area contributed by atoms with Gasteiger partial charge in [-0.25, -0.2) is 4.98 Å². The standard InChI is InChI=1S/C11H11N3O2S2/c1-6(15)5-12-9(16)8-4-7-10(18-8)13-11-14(7)2-3-17-11/h2-4,6,15H,5H2,1H3,(H,12,16)/t6-/m1/s1. The highest BCUT2D eigenvalue weighted by atomic mass is 32.1. The topological polar surface area (TPSA) is 66.6 Å². The van der Waals surface area contributed by atoms with Gasteiger partial charge in [0.05, 0.1) is 16.5 Å². The molecule has 7 heteroatoms. The molecular formula is C11H11N3O2S2. The molecule has 0 aromatic carbocycles. The van der Waals surface area contributed by atoms with Gasteiger partial charge in [-0.1, -0.05) is 0 Å². The Morgan fingerprint density at radius 3 is 3.28 bits per heavy atom. The molecule has 0 saturated heterocycles. The lowest BCUT2D eigenvalue weighted by molar-refractivity contribution is 0.0928. The van der Waals surface area contributed by atoms with Crippen LogP contribution in [0.2, 0.25) is 0 Å². The molecule has 0 unspecified atom stereocenters. The molecule has 0 aliphatic heterocycles. The summed E-state index contributed by atoms with van der Waals surface area (Å²) in [4.78, 5) is 18.7. The summed E-state index contributed by atoms with van der Waals surface area (Å²) in [5.41, 5.74) is 0.957. The highest BCUT2D eigenvalue weighted by molar-refractivity contribution is 7.21. The van der Waals surface area contributed by atoms with Crippen LogP contribution < -0.4 is 5.32 Å². The van der Waals surface area contributed by atoms with E-state index in [1.54, 1.807) is 18.3 Å². The van der Waals surface area contributed by atoms with E-state index in [4.69, 9.17) is 5.11 Å². The van der Waals surface area contributed by atoms with Gasteiger partial charge in [0.2, 0.25) is 0 Å². The molecule has 3 rings (SSSR count). The first-order valence-corrected chi connectivity index (χ1v) is 7.16. The average Bonchev–Trinajstić information content (AvgIpc) is 2.95. The molecule has 1 atom stereocenters. The Labute approximate surface area is 111 Å². The Bertz CT molecular complexity index is 710. The van der Waals surface area contributed by atoms with Crippen molar-refractivity contribution in [1.82, 2.24) is 14.7 Å². The number of thiophene rings is 1. The van der Waals surface area contributed by atoms with Gasteiger partial charge in [-0.05, 0) is 13.0 Å². The van der Waals surface area contributed by atoms with E-state index >= 15 is 0 Å². The summed E-state index contributed by atoms with van der Waals surface area (Å²) in [7, 11) is 0. The number of fused-ring (bicyclic) bond motifs is 3. The van der Waals surface area contributed by atoms with Crippen molar-refractivity contribution in [3.8, 4) is 0 Å². The van der Waals surface area contributed by atoms with E-state index in [0.717, 1.165) is 15.3 Å². The van der Waals surface area contributed by atoms with Crippen molar-refractivity contribution in [1.29, 1.82) is 0 Å². The van der Waals surface area contributed by atoms with Crippen molar-refractivity contribution in [2.45, 2.75) is 13.0 Å². The van der Waals surface area contributed by atoms with Crippen LogP contribution in [-0.4, -0.2) is 33.0 Å². The fraction of sp³-hybridized carbons (Fsp3) is 0.273. The molecule has 0 spiro atoms. The van der Waals surface area contributed by atoms with E-state index in [9.17, 15) is 4.79 Å². The fourth-order valence-corrected chi connectivity index (χ4v) is 3.40. The second-order valence-electron chi connectivity index (χ2n) is 4.03. The number of nitrogens with zero attached hydrogens (tertiary/aromatic N) is 2. The molecule has 2 N–H and O–H groups in total. The van der Waals surface area contributed by atoms with Crippen LogP contribution in [0.25, 0.3) is 15.3 Å². The molecule has 94 valence electrons. The Balaban J connectivity index is 1.92. The number of thiazole rings is 1. The largest absolute Gasteiger partial charge is 0.392 e. The van der Waals surface area contributed by atoms with Crippen LogP contribution in [0, 0.1) is 0 Å². The van der Waals surface area contributed by atoms with Gasteiger partial charge in [0.15, 0.2) is 4.96 Å². The number of aliphatic hydroxyl groups is 1. The Hall–Kier alpha value is -1.44. The van der Waals surface area contributed by atoms with E-state index in [0.29, 0.717) is 4.88 Å². The third kappa shape index (κ3) is 1.90. The molecule has 5 nitrogen and oxygen atoms in total. The molecule has 3 heterocycles. The van der Waals surface area contributed by atoms with Gasteiger partial charge in [0.1, 0.15) is 4.83 Å². The van der Waals surface area contributed by atoms with Crippen molar-refractivity contribution < 1.29 is 9.90 Å². The Kier molecular flexibility index (Phi) is 2.81. The predicted octanol–water partition coefficient (Wildman–Crippen LogP) is 1.72. The number of rotatable bonds is 3. The number of aromatic nitrogens is 2. The van der Waals surface area contributed by atoms with E-state index in [1.807, 2.05) is 22.0 Å². The molecule has 0 radical (unpaired) electrons. The van der Waals surface area contributed by atoms with Crippen molar-refractivity contribution in [3.63, 3.8) is 0 Å². The normalized spacial score (nSPS) is 13.2. The van der Waals surface area contributed by atoms with Gasteiger partial charge in [0, 0.05) is 18.1 Å². The Morgan fingerprint density at radius 1 is 1.67 bits per heavy atom. The molecule has 3 aromatic rings. The van der Waals surface area contributed by atoms with Gasteiger partial charge in [-0.3, -0.25) is 9.20 Å². The maximum atomic E-state index is 11.8. The lowest BCUT2D eigenvalue weighted by Gasteiger charge is -2.04. The number of imidazole rings is 1. The summed E-state index contributed by atoms with van der Waals surface area (Å²) in [6.07, 6.45) is 1.41. The van der Waals surface area contributed by atoms with Gasteiger partial charge in [-0.15, -0.1) is 22.7 Å². The molecule has 0 fully saturated rings. The summed E-state index contributed by atoms with van der Waals surface area (Å²) >= 11 is 2.94. The minimum Gasteiger partial charge on any atom is -0.392 e. The third-order valence-electron chi connectivity index (χ3n) is 2.52. The number of amides is 1. The molecule has 0 saturated carbocycles. The van der Waals surface area contributed by atoms with Crippen LogP contribution >= 0.6 is 22.7 Å². The lowest BCUT2D eigenvalue weighted by Crippen LogP contribution is -2.29. The van der Waals surface area contributed by atoms with E-state index in [2.05, 4.69) is 10.3 Å². The van der Waals surface area contributed by atoms with Gasteiger partial charge in [0.25, 0.3) is 5.91 Å². The van der Waals surface area contributed by atoms with Crippen molar-refractivity contribution in [2.24, 2.45) is 0 Å². The smallest absolute Gasteiger partial charge is 0.261 e. The van der Waals surface area contributed by atoms with Gasteiger partial charge >= 0.3 is 0 Å². The van der Waals surface area contributed by atoms with Gasteiger partial charge in [-0.2, -0.15) is 0 Å². The second-order valence-corrected chi connectivity index (χ2v) is 5.93. The van der Waals surface area contributed by atoms with Crippen molar-refractivity contribution >= 4 is 43.9 Å². The van der Waals surface area contributed by atoms with Crippen LogP contribution in [0.1, 0.15) is 16.6 Å². The van der Waals surface area contributed by atoms with Crippen LogP contribution in [0.5, 0.6) is 0 Å². The summed E-state index contributed by atoms with van der Waals surface area (Å²) < 4.78 is 1.97. The monoisotopic (exact) mass is 281 g/mol. The van der Waals surface area contributed by atoms with E-state index < -0.39 is 6.10 Å². The number of aliphatic hydroxyl groups excluding tert-OH is 1. The van der Waals surface area contributed by atoms with Crippen molar-refractivity contribution in [3.05, 3.63) is 22.5 Å². The number of hydrogen-bond donors (Lipinski definition) is 2. The molecule has 0 aliphatic carbocycles. The molecule has 18 heavy (non-hydrogen) atoms. The first kappa shape index (κ1) is 11.6. The SMILES string of the molecule is C[C@@H](O)CNC(=O)c1cc2c(nc3sccn32)s1. The number of carbonyl (C=O) groups is 1. The molecule has 1 amide bonds. The zero-order valence-electron chi connectivity index (χ0n) is 9.58. The van der Waals surface area contributed by atoms with Crippen LogP contribution in [0.4, 0.5) is 0 Å². The van der Waals surface area contributed by atoms with Crippen LogP contribution in [-0.2, 0) is 0 Å². The quantitative estimate of drug-likeness (QED) is 0.768. The maximum Gasteiger partial charge on any atom is 0.261 e. The summed E-state index contributed by atoms with van der Waals surface area (Å²) in [5, 5.41) is 13.8. The van der Waals surface area contributed by atoms with E-state index in [1.165, 1.54) is 11.3 Å². The summed E-state index contributed by atoms with van der Waals surface area (Å²) in [5.74, 6) is -0.164. The minimum absolute atomic E-state index is 0.164. The number of hydrogen-bond acceptors (Lipinski definition) is 5. The zero-order chi connectivity index (χ0) is 12.7. The lowest BCUT2D eigenvalue weighted by atomic mass is 10.3. The first-order valence-electron chi connectivity index (χ1n) is 5.46. The van der Waals surface area contributed by atoms with E-state index in [-0.39, 0.29) is 12.5 Å². The highest BCUT2D eigenvalue weighted by Gasteiger charge is 2.14. The maximum absolute atomic E-state index is 11.8. The third-order valence-corrected chi connectivity index (χ3v) is 4.30. The van der Waals surface area contributed by atoms with Crippen LogP contribution in [0.3, 0.4) is 0 Å². The fourth-order valence-electron chi connectivity index (χ4n) is 1.69. The minimum atomic E-state index is -0.539. The predicted molar refractivity (Wildman–Crippen MR) is 72.5 cm³/mol. The number of carbonyl (C=O) groups excluding carboxylic acids is 1. The molecular weight excluding hydrogens is 270 g/mol. The van der Waals surface area contributed by atoms with Gasteiger partial charge < -0.3 is 10.4 Å². The molecule has 3 aromatic heterocycles. The Morgan fingerprint density at radius 2 is 2.50 bits per heavy atom. The van der Waals surface area contributed by atoms with Crippen molar-refractivity contribution in [2.75, 3.05) is 6.54 Å². The second kappa shape index (κ2) is 4.34. The molecule has 0 bridgehead atoms. The first-order chi connectivity index (χ1) is 8.65. The zero-order valence-corrected chi connectivity index (χ0v) is 11.2. The summed E-state index contributed by atoms with van der Waals surface area (Å²) in [6, 6.07) is 1.84. The highest BCUT2D eigenvalue weighted by Crippen LogP contribution is 2.28. The van der Waals surface area contributed by atoms with Crippen LogP contribution in [0.15, 0.2) is 17.6 Å². The average molecular weight is 281 g/mol. The molecule has 0 aliphatic rings. The summed E-state index contributed by atoms with van der Waals surface area (Å²) in [6.45, 7) is 1.90. The number of nitrogens with one attached hydrogen (secondary N) is 1.